The van der Waals surface area contributed by atoms with Crippen molar-refractivity contribution < 1.29 is 13.9 Å². The molecule has 27 heavy (non-hydrogen) atoms. The van der Waals surface area contributed by atoms with Gasteiger partial charge in [-0.25, -0.2) is 4.39 Å². The van der Waals surface area contributed by atoms with Crippen LogP contribution >= 0.6 is 11.8 Å². The lowest BCUT2D eigenvalue weighted by atomic mass is 10.2. The highest BCUT2D eigenvalue weighted by molar-refractivity contribution is 7.99. The third kappa shape index (κ3) is 4.46. The Balaban J connectivity index is 1.59. The van der Waals surface area contributed by atoms with Gasteiger partial charge >= 0.3 is 0 Å². The number of carbonyl (C=O) groups is 1. The molecule has 0 unspecified atom stereocenters. The molecule has 8 heteroatoms. The molecule has 0 fully saturated rings. The molecular weight excluding hydrogens is 367 g/mol. The minimum atomic E-state index is -0.362. The van der Waals surface area contributed by atoms with Crippen LogP contribution in [-0.2, 0) is 18.4 Å². The van der Waals surface area contributed by atoms with Crippen LogP contribution < -0.4 is 10.1 Å². The van der Waals surface area contributed by atoms with Crippen LogP contribution in [0.25, 0.3) is 11.4 Å². The number of amides is 1. The van der Waals surface area contributed by atoms with Crippen molar-refractivity contribution in [2.75, 3.05) is 12.9 Å². The fraction of sp³-hybridized carbons (Fsp3) is 0.211. The molecule has 3 aromatic rings. The van der Waals surface area contributed by atoms with Crippen molar-refractivity contribution in [1.82, 2.24) is 20.1 Å². The Kier molecular flexibility index (Phi) is 6.08. The van der Waals surface area contributed by atoms with Gasteiger partial charge in [0, 0.05) is 19.2 Å². The number of hydrogen-bond donors (Lipinski definition) is 1. The molecule has 0 bridgehead atoms. The van der Waals surface area contributed by atoms with E-state index in [1.165, 1.54) is 17.8 Å². The quantitative estimate of drug-likeness (QED) is 0.632. The van der Waals surface area contributed by atoms with Crippen LogP contribution in [0.4, 0.5) is 4.39 Å². The lowest BCUT2D eigenvalue weighted by Gasteiger charge is -2.09. The van der Waals surface area contributed by atoms with Gasteiger partial charge in [0.05, 0.1) is 18.4 Å². The van der Waals surface area contributed by atoms with Gasteiger partial charge in [0.25, 0.3) is 0 Å². The zero-order chi connectivity index (χ0) is 19.2. The summed E-state index contributed by atoms with van der Waals surface area (Å²) in [5.74, 6) is 0.831. The van der Waals surface area contributed by atoms with Crippen molar-refractivity contribution in [2.24, 2.45) is 7.05 Å². The van der Waals surface area contributed by atoms with Gasteiger partial charge in [-0.1, -0.05) is 42.1 Å². The van der Waals surface area contributed by atoms with E-state index in [1.807, 2.05) is 24.3 Å². The number of nitrogens with one attached hydrogen (secondary N) is 1. The van der Waals surface area contributed by atoms with Gasteiger partial charge in [-0.15, -0.1) is 10.2 Å². The first-order chi connectivity index (χ1) is 13.1. The molecular formula is C19H19FN4O2S. The number of nitrogens with zero attached hydrogens (tertiary/aromatic N) is 3. The number of benzene rings is 2. The second-order valence-electron chi connectivity index (χ2n) is 5.72. The van der Waals surface area contributed by atoms with E-state index >= 15 is 0 Å². The Morgan fingerprint density at radius 1 is 1.19 bits per heavy atom. The second-order valence-corrected chi connectivity index (χ2v) is 6.66. The summed E-state index contributed by atoms with van der Waals surface area (Å²) in [6.45, 7) is 0.378. The van der Waals surface area contributed by atoms with Crippen LogP contribution in [0.15, 0.2) is 53.7 Å². The van der Waals surface area contributed by atoms with E-state index in [2.05, 4.69) is 15.5 Å². The first kappa shape index (κ1) is 18.9. The summed E-state index contributed by atoms with van der Waals surface area (Å²) in [5, 5.41) is 11.5. The molecule has 0 aliphatic carbocycles. The molecule has 1 N–H and O–H groups in total. The molecule has 140 valence electrons. The van der Waals surface area contributed by atoms with E-state index in [9.17, 15) is 9.18 Å². The Morgan fingerprint density at radius 3 is 2.70 bits per heavy atom. The fourth-order valence-electron chi connectivity index (χ4n) is 2.54. The summed E-state index contributed by atoms with van der Waals surface area (Å²) in [6, 6.07) is 13.9. The number of ether oxygens (including phenoxy) is 1. The van der Waals surface area contributed by atoms with E-state index in [1.54, 1.807) is 36.9 Å². The smallest absolute Gasteiger partial charge is 0.230 e. The third-order valence-electron chi connectivity index (χ3n) is 3.95. The van der Waals surface area contributed by atoms with Crippen molar-refractivity contribution in [1.29, 1.82) is 0 Å². The predicted molar refractivity (Wildman–Crippen MR) is 102 cm³/mol. The summed E-state index contributed by atoms with van der Waals surface area (Å²) in [5.41, 5.74) is 1.28. The van der Waals surface area contributed by atoms with Crippen LogP contribution in [-0.4, -0.2) is 33.5 Å². The van der Waals surface area contributed by atoms with Gasteiger partial charge in [0.2, 0.25) is 5.91 Å². The number of rotatable bonds is 7. The molecule has 0 radical (unpaired) electrons. The van der Waals surface area contributed by atoms with E-state index in [-0.39, 0.29) is 17.5 Å². The second kappa shape index (κ2) is 8.68. The van der Waals surface area contributed by atoms with Gasteiger partial charge in [-0.05, 0) is 18.2 Å². The summed E-state index contributed by atoms with van der Waals surface area (Å²) >= 11 is 1.25. The molecule has 3 rings (SSSR count). The average Bonchev–Trinajstić information content (AvgIpc) is 3.05. The van der Waals surface area contributed by atoms with E-state index in [0.717, 1.165) is 11.3 Å². The maximum absolute atomic E-state index is 13.9. The Labute approximate surface area is 160 Å². The van der Waals surface area contributed by atoms with Crippen LogP contribution in [0.2, 0.25) is 0 Å². The molecule has 1 aromatic heterocycles. The molecule has 1 heterocycles. The molecule has 0 aliphatic rings. The molecule has 0 atom stereocenters. The lowest BCUT2D eigenvalue weighted by Crippen LogP contribution is -2.25. The van der Waals surface area contributed by atoms with Gasteiger partial charge in [0.1, 0.15) is 11.6 Å². The molecule has 1 amide bonds. The molecule has 0 aliphatic heterocycles. The zero-order valence-corrected chi connectivity index (χ0v) is 15.8. The van der Waals surface area contributed by atoms with E-state index in [4.69, 9.17) is 4.74 Å². The third-order valence-corrected chi connectivity index (χ3v) is 4.97. The normalized spacial score (nSPS) is 10.6. The minimum absolute atomic E-state index is 0.138. The topological polar surface area (TPSA) is 69.0 Å². The highest BCUT2D eigenvalue weighted by atomic mass is 32.2. The van der Waals surface area contributed by atoms with Crippen LogP contribution in [0, 0.1) is 5.82 Å². The minimum Gasteiger partial charge on any atom is -0.496 e. The predicted octanol–water partition coefficient (Wildman–Crippen LogP) is 3.04. The highest BCUT2D eigenvalue weighted by Gasteiger charge is 2.15. The number of thioether (sulfide) groups is 1. The molecule has 0 spiro atoms. The summed E-state index contributed by atoms with van der Waals surface area (Å²) in [7, 11) is 3.34. The van der Waals surface area contributed by atoms with Crippen molar-refractivity contribution in [2.45, 2.75) is 11.7 Å². The Morgan fingerprint density at radius 2 is 1.93 bits per heavy atom. The SMILES string of the molecule is COc1ccccc1CNC(=O)CSc1nnc(-c2ccccc2F)n1C. The van der Waals surface area contributed by atoms with Crippen molar-refractivity contribution in [3.05, 3.63) is 59.9 Å². The summed E-state index contributed by atoms with van der Waals surface area (Å²) in [4.78, 5) is 12.1. The van der Waals surface area contributed by atoms with Crippen molar-refractivity contribution in [3.8, 4) is 17.1 Å². The largest absolute Gasteiger partial charge is 0.496 e. The molecule has 0 saturated carbocycles. The zero-order valence-electron chi connectivity index (χ0n) is 15.0. The highest BCUT2D eigenvalue weighted by Crippen LogP contribution is 2.24. The Bertz CT molecular complexity index is 945. The van der Waals surface area contributed by atoms with Crippen molar-refractivity contribution >= 4 is 17.7 Å². The van der Waals surface area contributed by atoms with Gasteiger partial charge in [-0.2, -0.15) is 0 Å². The number of halogens is 1. The monoisotopic (exact) mass is 386 g/mol. The molecule has 2 aromatic carbocycles. The first-order valence-electron chi connectivity index (χ1n) is 8.26. The van der Waals surface area contributed by atoms with Crippen LogP contribution in [0.5, 0.6) is 5.75 Å². The summed E-state index contributed by atoms with van der Waals surface area (Å²) < 4.78 is 20.9. The first-order valence-corrected chi connectivity index (χ1v) is 9.24. The van der Waals surface area contributed by atoms with Gasteiger partial charge < -0.3 is 14.6 Å². The van der Waals surface area contributed by atoms with Gasteiger partial charge in [0.15, 0.2) is 11.0 Å². The standard InChI is InChI=1S/C19H19FN4O2S/c1-24-18(14-8-4-5-9-15(14)20)22-23-19(24)27-12-17(25)21-11-13-7-3-6-10-16(13)26-2/h3-10H,11-12H2,1-2H3,(H,21,25). The molecule has 0 saturated heterocycles. The Hall–Kier alpha value is -2.87. The van der Waals surface area contributed by atoms with Crippen LogP contribution in [0.1, 0.15) is 5.56 Å². The van der Waals surface area contributed by atoms with Gasteiger partial charge in [-0.3, -0.25) is 4.79 Å². The fourth-order valence-corrected chi connectivity index (χ4v) is 3.28. The van der Waals surface area contributed by atoms with Crippen molar-refractivity contribution in [3.63, 3.8) is 0 Å². The number of methoxy groups -OCH3 is 1. The number of para-hydroxylation sites is 1. The summed E-state index contributed by atoms with van der Waals surface area (Å²) in [6.07, 6.45) is 0. The number of carbonyl (C=O) groups excluding carboxylic acids is 1. The number of aromatic nitrogens is 3. The van der Waals surface area contributed by atoms with Crippen LogP contribution in [0.3, 0.4) is 0 Å². The maximum Gasteiger partial charge on any atom is 0.230 e. The number of hydrogen-bond acceptors (Lipinski definition) is 5. The molecule has 6 nitrogen and oxygen atoms in total. The maximum atomic E-state index is 13.9. The lowest BCUT2D eigenvalue weighted by molar-refractivity contribution is -0.118. The van der Waals surface area contributed by atoms with E-state index in [0.29, 0.717) is 23.1 Å². The average molecular weight is 386 g/mol. The van der Waals surface area contributed by atoms with E-state index < -0.39 is 0 Å².